The number of aryl methyl sites for hydroxylation is 3. The summed E-state index contributed by atoms with van der Waals surface area (Å²) in [5, 5.41) is -0.483. The Labute approximate surface area is 148 Å². The summed E-state index contributed by atoms with van der Waals surface area (Å²) >= 11 is 0. The lowest BCUT2D eigenvalue weighted by molar-refractivity contribution is -0.134. The summed E-state index contributed by atoms with van der Waals surface area (Å²) in [7, 11) is -3.28. The van der Waals surface area contributed by atoms with E-state index in [0.717, 1.165) is 5.56 Å². The van der Waals surface area contributed by atoms with Gasteiger partial charge in [0.25, 0.3) is 0 Å². The molecule has 0 atom stereocenters. The van der Waals surface area contributed by atoms with Gasteiger partial charge in [-0.25, -0.2) is 8.42 Å². The second-order valence-corrected chi connectivity index (χ2v) is 9.01. The minimum atomic E-state index is -3.28. The highest BCUT2D eigenvalue weighted by Gasteiger charge is 2.39. The molecule has 2 heterocycles. The number of benzene rings is 1. The molecule has 0 N–H and O–H groups in total. The molecule has 1 amide bonds. The Balaban J connectivity index is 1.48. The third-order valence-electron chi connectivity index (χ3n) is 4.83. The fourth-order valence-corrected chi connectivity index (χ4v) is 4.56. The van der Waals surface area contributed by atoms with E-state index >= 15 is 0 Å². The fourth-order valence-electron chi connectivity index (χ4n) is 2.95. The number of hydrogen-bond donors (Lipinski definition) is 0. The number of carbonyl (C=O) groups is 1. The Kier molecular flexibility index (Phi) is 4.99. The first-order valence-electron chi connectivity index (χ1n) is 8.43. The van der Waals surface area contributed by atoms with Gasteiger partial charge in [0.1, 0.15) is 11.5 Å². The molecule has 1 aliphatic heterocycles. The van der Waals surface area contributed by atoms with Crippen molar-refractivity contribution in [2.75, 3.05) is 13.1 Å². The molecule has 1 aliphatic rings. The van der Waals surface area contributed by atoms with Gasteiger partial charge < -0.3 is 9.32 Å². The van der Waals surface area contributed by atoms with Crippen LogP contribution in [0, 0.1) is 13.8 Å². The monoisotopic (exact) mass is 361 g/mol. The molecule has 1 aromatic heterocycles. The molecule has 3 rings (SSSR count). The zero-order chi connectivity index (χ0) is 18.0. The van der Waals surface area contributed by atoms with Gasteiger partial charge in [-0.3, -0.25) is 4.79 Å². The van der Waals surface area contributed by atoms with Crippen molar-refractivity contribution < 1.29 is 17.6 Å². The summed E-state index contributed by atoms with van der Waals surface area (Å²) in [6, 6.07) is 9.55. The highest BCUT2D eigenvalue weighted by atomic mass is 32.2. The van der Waals surface area contributed by atoms with E-state index < -0.39 is 15.1 Å². The molecule has 25 heavy (non-hydrogen) atoms. The van der Waals surface area contributed by atoms with Crippen LogP contribution in [-0.2, 0) is 26.8 Å². The molecule has 0 saturated carbocycles. The van der Waals surface area contributed by atoms with E-state index in [1.807, 2.05) is 6.07 Å². The molecule has 5 nitrogen and oxygen atoms in total. The van der Waals surface area contributed by atoms with Crippen LogP contribution in [0.2, 0.25) is 0 Å². The first-order valence-corrected chi connectivity index (χ1v) is 10.1. The van der Waals surface area contributed by atoms with Crippen molar-refractivity contribution in [2.45, 2.75) is 37.7 Å². The molecule has 0 radical (unpaired) electrons. The molecule has 0 unspecified atom stereocenters. The van der Waals surface area contributed by atoms with Gasteiger partial charge in [0.15, 0.2) is 9.84 Å². The van der Waals surface area contributed by atoms with E-state index in [2.05, 4.69) is 26.0 Å². The molecule has 0 bridgehead atoms. The first kappa shape index (κ1) is 17.7. The van der Waals surface area contributed by atoms with Gasteiger partial charge in [-0.1, -0.05) is 18.2 Å². The van der Waals surface area contributed by atoms with Gasteiger partial charge in [-0.2, -0.15) is 0 Å². The fraction of sp³-hybridized carbons (Fsp3) is 0.421. The molecule has 0 aliphatic carbocycles. The predicted octanol–water partition coefficient (Wildman–Crippen LogP) is 2.65. The number of rotatable bonds is 6. The Morgan fingerprint density at radius 3 is 2.60 bits per heavy atom. The molecule has 6 heteroatoms. The smallest absolute Gasteiger partial charge is 0.222 e. The van der Waals surface area contributed by atoms with Crippen molar-refractivity contribution in [3.8, 4) is 0 Å². The maximum atomic E-state index is 12.3. The number of sulfone groups is 1. The van der Waals surface area contributed by atoms with Crippen LogP contribution in [0.3, 0.4) is 0 Å². The molecule has 1 fully saturated rings. The van der Waals surface area contributed by atoms with Crippen molar-refractivity contribution in [1.29, 1.82) is 0 Å². The standard InChI is InChI=1S/C19H23NO4S/c1-14-5-6-16(10-15(14)2)7-8-19(21)20-11-18(12-20)25(22,23)13-17-4-3-9-24-17/h3-6,9-10,18H,7-8,11-13H2,1-2H3. The minimum absolute atomic E-state index is 0.0164. The van der Waals surface area contributed by atoms with Crippen molar-refractivity contribution in [2.24, 2.45) is 0 Å². The number of hydrogen-bond acceptors (Lipinski definition) is 4. The van der Waals surface area contributed by atoms with E-state index in [4.69, 9.17) is 4.42 Å². The summed E-state index contributed by atoms with van der Waals surface area (Å²) < 4.78 is 29.7. The van der Waals surface area contributed by atoms with Crippen molar-refractivity contribution in [3.63, 3.8) is 0 Å². The third kappa shape index (κ3) is 4.12. The van der Waals surface area contributed by atoms with E-state index in [0.29, 0.717) is 18.6 Å². The van der Waals surface area contributed by atoms with E-state index in [-0.39, 0.29) is 24.7 Å². The Morgan fingerprint density at radius 2 is 1.96 bits per heavy atom. The van der Waals surface area contributed by atoms with Crippen LogP contribution in [0.25, 0.3) is 0 Å². The van der Waals surface area contributed by atoms with Crippen LogP contribution in [0.5, 0.6) is 0 Å². The van der Waals surface area contributed by atoms with Gasteiger partial charge in [-0.05, 0) is 49.1 Å². The molecule has 1 saturated heterocycles. The third-order valence-corrected chi connectivity index (χ3v) is 6.83. The largest absolute Gasteiger partial charge is 0.468 e. The summed E-state index contributed by atoms with van der Waals surface area (Å²) in [6.45, 7) is 4.70. The topological polar surface area (TPSA) is 67.6 Å². The van der Waals surface area contributed by atoms with E-state index in [1.54, 1.807) is 17.0 Å². The average Bonchev–Trinajstić information content (AvgIpc) is 2.98. The predicted molar refractivity (Wildman–Crippen MR) is 95.9 cm³/mol. The van der Waals surface area contributed by atoms with Crippen LogP contribution in [0.1, 0.15) is 28.9 Å². The second-order valence-electron chi connectivity index (χ2n) is 6.73. The number of carbonyl (C=O) groups excluding carboxylic acids is 1. The molecule has 0 spiro atoms. The average molecular weight is 361 g/mol. The van der Waals surface area contributed by atoms with Crippen LogP contribution in [0.15, 0.2) is 41.0 Å². The molecule has 1 aromatic carbocycles. The zero-order valence-corrected chi connectivity index (χ0v) is 15.4. The highest BCUT2D eigenvalue weighted by Crippen LogP contribution is 2.22. The van der Waals surface area contributed by atoms with Crippen molar-refractivity contribution in [1.82, 2.24) is 4.90 Å². The quantitative estimate of drug-likeness (QED) is 0.793. The van der Waals surface area contributed by atoms with Gasteiger partial charge in [0.2, 0.25) is 5.91 Å². The summed E-state index contributed by atoms with van der Waals surface area (Å²) in [6.07, 6.45) is 2.56. The maximum Gasteiger partial charge on any atom is 0.222 e. The lowest BCUT2D eigenvalue weighted by Crippen LogP contribution is -2.57. The molecule has 2 aromatic rings. The number of furan rings is 1. The maximum absolute atomic E-state index is 12.3. The van der Waals surface area contributed by atoms with Gasteiger partial charge >= 0.3 is 0 Å². The number of nitrogens with zero attached hydrogens (tertiary/aromatic N) is 1. The Bertz CT molecular complexity index is 850. The van der Waals surface area contributed by atoms with Gasteiger partial charge in [-0.15, -0.1) is 0 Å². The number of amides is 1. The normalized spacial score (nSPS) is 15.2. The first-order chi connectivity index (χ1) is 11.8. The van der Waals surface area contributed by atoms with Crippen LogP contribution < -0.4 is 0 Å². The zero-order valence-electron chi connectivity index (χ0n) is 14.6. The Hall–Kier alpha value is -2.08. The Morgan fingerprint density at radius 1 is 1.20 bits per heavy atom. The van der Waals surface area contributed by atoms with Crippen LogP contribution in [-0.4, -0.2) is 37.6 Å². The van der Waals surface area contributed by atoms with Gasteiger partial charge in [0, 0.05) is 19.5 Å². The van der Waals surface area contributed by atoms with Crippen LogP contribution >= 0.6 is 0 Å². The molecule has 134 valence electrons. The second kappa shape index (κ2) is 7.04. The van der Waals surface area contributed by atoms with Crippen molar-refractivity contribution >= 4 is 15.7 Å². The highest BCUT2D eigenvalue weighted by molar-refractivity contribution is 7.91. The van der Waals surface area contributed by atoms with E-state index in [1.165, 1.54) is 17.4 Å². The minimum Gasteiger partial charge on any atom is -0.468 e. The summed E-state index contributed by atoms with van der Waals surface area (Å²) in [4.78, 5) is 13.9. The lowest BCUT2D eigenvalue weighted by Gasteiger charge is -2.38. The molecular weight excluding hydrogens is 338 g/mol. The summed E-state index contributed by atoms with van der Waals surface area (Å²) in [5.41, 5.74) is 3.60. The van der Waals surface area contributed by atoms with Gasteiger partial charge in [0.05, 0.1) is 11.5 Å². The molecular formula is C19H23NO4S. The van der Waals surface area contributed by atoms with Crippen molar-refractivity contribution in [3.05, 3.63) is 59.0 Å². The van der Waals surface area contributed by atoms with Crippen LogP contribution in [0.4, 0.5) is 0 Å². The number of likely N-dealkylation sites (tertiary alicyclic amines) is 1. The summed E-state index contributed by atoms with van der Waals surface area (Å²) in [5.74, 6) is 0.359. The SMILES string of the molecule is Cc1ccc(CCC(=O)N2CC(S(=O)(=O)Cc3ccco3)C2)cc1C. The lowest BCUT2D eigenvalue weighted by atomic mass is 10.0. The van der Waals surface area contributed by atoms with E-state index in [9.17, 15) is 13.2 Å².